The zero-order valence-corrected chi connectivity index (χ0v) is 12.7. The van der Waals surface area contributed by atoms with Crippen LogP contribution in [0.15, 0.2) is 10.5 Å². The summed E-state index contributed by atoms with van der Waals surface area (Å²) in [6.07, 6.45) is 5.13. The van der Waals surface area contributed by atoms with Gasteiger partial charge in [-0.2, -0.15) is 0 Å². The molecule has 0 aliphatic heterocycles. The zero-order chi connectivity index (χ0) is 13.5. The van der Waals surface area contributed by atoms with Gasteiger partial charge < -0.3 is 9.47 Å². The lowest BCUT2D eigenvalue weighted by Crippen LogP contribution is -2.00. The number of hydrogen-bond donors (Lipinski definition) is 0. The molecule has 18 heavy (non-hydrogen) atoms. The van der Waals surface area contributed by atoms with Crippen LogP contribution in [0.2, 0.25) is 0 Å². The van der Waals surface area contributed by atoms with E-state index in [-0.39, 0.29) is 0 Å². The van der Waals surface area contributed by atoms with Crippen molar-refractivity contribution >= 4 is 22.2 Å². The van der Waals surface area contributed by atoms with Gasteiger partial charge in [-0.15, -0.1) is 0 Å². The summed E-state index contributed by atoms with van der Waals surface area (Å²) in [7, 11) is 3.18. The van der Waals surface area contributed by atoms with Crippen molar-refractivity contribution in [2.24, 2.45) is 0 Å². The predicted molar refractivity (Wildman–Crippen MR) is 75.9 cm³/mol. The molecule has 0 spiro atoms. The molecule has 1 aromatic rings. The minimum Gasteiger partial charge on any atom is -0.496 e. The molecule has 0 saturated heterocycles. The molecule has 0 aliphatic carbocycles. The molecule has 0 amide bonds. The summed E-state index contributed by atoms with van der Waals surface area (Å²) in [6, 6.07) is 1.73. The number of ether oxygens (including phenoxy) is 2. The Labute approximate surface area is 117 Å². The highest BCUT2D eigenvalue weighted by atomic mass is 79.9. The van der Waals surface area contributed by atoms with Crippen LogP contribution in [0.25, 0.3) is 0 Å². The highest BCUT2D eigenvalue weighted by Crippen LogP contribution is 2.38. The van der Waals surface area contributed by atoms with Gasteiger partial charge in [-0.1, -0.05) is 19.8 Å². The quantitative estimate of drug-likeness (QED) is 0.563. The highest BCUT2D eigenvalue weighted by molar-refractivity contribution is 9.10. The van der Waals surface area contributed by atoms with Crippen molar-refractivity contribution in [3.8, 4) is 11.5 Å². The molecule has 0 atom stereocenters. The van der Waals surface area contributed by atoms with E-state index in [1.165, 1.54) is 12.8 Å². The molecule has 0 heterocycles. The van der Waals surface area contributed by atoms with Crippen molar-refractivity contribution in [3.63, 3.8) is 0 Å². The molecular weight excluding hydrogens is 296 g/mol. The number of carbonyl (C=O) groups is 1. The second kappa shape index (κ2) is 7.41. The van der Waals surface area contributed by atoms with Gasteiger partial charge >= 0.3 is 0 Å². The Balaban J connectivity index is 3.17. The van der Waals surface area contributed by atoms with E-state index < -0.39 is 0 Å². The van der Waals surface area contributed by atoms with Gasteiger partial charge in [0.2, 0.25) is 0 Å². The number of carbonyl (C=O) groups excluding carboxylic acids is 1. The van der Waals surface area contributed by atoms with Gasteiger partial charge in [0.25, 0.3) is 0 Å². The average Bonchev–Trinajstić information content (AvgIpc) is 2.39. The lowest BCUT2D eigenvalue weighted by molar-refractivity contribution is 0.112. The number of rotatable bonds is 7. The first-order valence-corrected chi connectivity index (χ1v) is 6.87. The van der Waals surface area contributed by atoms with E-state index in [0.29, 0.717) is 11.3 Å². The summed E-state index contributed by atoms with van der Waals surface area (Å²) in [5, 5.41) is 0. The van der Waals surface area contributed by atoms with Crippen LogP contribution < -0.4 is 9.47 Å². The first-order valence-electron chi connectivity index (χ1n) is 6.08. The van der Waals surface area contributed by atoms with E-state index >= 15 is 0 Å². The first-order chi connectivity index (χ1) is 8.69. The standard InChI is InChI=1S/C14H19BrO3/c1-4-5-6-7-11-12(17-2)8-10(9-16)14(18-3)13(11)15/h8-9H,4-7H2,1-3H3. The van der Waals surface area contributed by atoms with Crippen LogP contribution in [0, 0.1) is 0 Å². The number of unbranched alkanes of at least 4 members (excludes halogenated alkanes) is 2. The largest absolute Gasteiger partial charge is 0.496 e. The summed E-state index contributed by atoms with van der Waals surface area (Å²) in [5.41, 5.74) is 1.56. The molecule has 1 aromatic carbocycles. The molecule has 0 bridgehead atoms. The number of benzene rings is 1. The van der Waals surface area contributed by atoms with Crippen molar-refractivity contribution in [2.45, 2.75) is 32.6 Å². The van der Waals surface area contributed by atoms with E-state index in [2.05, 4.69) is 22.9 Å². The fraction of sp³-hybridized carbons (Fsp3) is 0.500. The monoisotopic (exact) mass is 314 g/mol. The maximum absolute atomic E-state index is 11.0. The van der Waals surface area contributed by atoms with E-state index in [1.54, 1.807) is 20.3 Å². The lowest BCUT2D eigenvalue weighted by atomic mass is 10.0. The molecule has 1 rings (SSSR count). The van der Waals surface area contributed by atoms with Gasteiger partial charge in [0, 0.05) is 5.56 Å². The Hall–Kier alpha value is -1.03. The Morgan fingerprint density at radius 2 is 2.00 bits per heavy atom. The third kappa shape index (κ3) is 3.25. The average molecular weight is 315 g/mol. The van der Waals surface area contributed by atoms with Gasteiger partial charge in [-0.3, -0.25) is 4.79 Å². The summed E-state index contributed by atoms with van der Waals surface area (Å²) in [6.45, 7) is 2.17. The van der Waals surface area contributed by atoms with E-state index in [9.17, 15) is 4.79 Å². The van der Waals surface area contributed by atoms with Gasteiger partial charge in [0.15, 0.2) is 6.29 Å². The molecular formula is C14H19BrO3. The van der Waals surface area contributed by atoms with Crippen LogP contribution in [-0.4, -0.2) is 20.5 Å². The van der Waals surface area contributed by atoms with E-state index in [4.69, 9.17) is 9.47 Å². The summed E-state index contributed by atoms with van der Waals surface area (Å²) >= 11 is 3.51. The zero-order valence-electron chi connectivity index (χ0n) is 11.1. The second-order valence-electron chi connectivity index (χ2n) is 4.07. The molecule has 0 radical (unpaired) electrons. The smallest absolute Gasteiger partial charge is 0.153 e. The van der Waals surface area contributed by atoms with E-state index in [1.807, 2.05) is 0 Å². The predicted octanol–water partition coefficient (Wildman–Crippen LogP) is 4.01. The molecule has 0 aromatic heterocycles. The van der Waals surface area contributed by atoms with Crippen LogP contribution in [0.1, 0.15) is 42.1 Å². The Bertz CT molecular complexity index is 416. The van der Waals surface area contributed by atoms with Gasteiger partial charge in [0.05, 0.1) is 24.3 Å². The topological polar surface area (TPSA) is 35.5 Å². The van der Waals surface area contributed by atoms with Gasteiger partial charge in [-0.05, 0) is 34.8 Å². The summed E-state index contributed by atoms with van der Waals surface area (Å²) in [5.74, 6) is 1.32. The normalized spacial score (nSPS) is 10.2. The number of halogens is 1. The number of hydrogen-bond acceptors (Lipinski definition) is 3. The Kier molecular flexibility index (Phi) is 6.19. The minimum absolute atomic E-state index is 0.500. The highest BCUT2D eigenvalue weighted by Gasteiger charge is 2.17. The van der Waals surface area contributed by atoms with Gasteiger partial charge in [0.1, 0.15) is 11.5 Å². The third-order valence-corrected chi connectivity index (χ3v) is 3.73. The van der Waals surface area contributed by atoms with Crippen molar-refractivity contribution < 1.29 is 14.3 Å². The molecule has 0 saturated carbocycles. The minimum atomic E-state index is 0.500. The van der Waals surface area contributed by atoms with Gasteiger partial charge in [-0.25, -0.2) is 0 Å². The van der Waals surface area contributed by atoms with Crippen LogP contribution in [0.5, 0.6) is 11.5 Å². The molecule has 4 heteroatoms. The number of aldehydes is 1. The summed E-state index contributed by atoms with van der Waals surface area (Å²) in [4.78, 5) is 11.0. The maximum Gasteiger partial charge on any atom is 0.153 e. The Morgan fingerprint density at radius 1 is 1.28 bits per heavy atom. The number of methoxy groups -OCH3 is 2. The maximum atomic E-state index is 11.0. The van der Waals surface area contributed by atoms with Crippen molar-refractivity contribution in [1.29, 1.82) is 0 Å². The van der Waals surface area contributed by atoms with Crippen molar-refractivity contribution in [1.82, 2.24) is 0 Å². The van der Waals surface area contributed by atoms with Crippen LogP contribution in [-0.2, 0) is 6.42 Å². The van der Waals surface area contributed by atoms with Crippen LogP contribution in [0.3, 0.4) is 0 Å². The fourth-order valence-corrected chi connectivity index (χ4v) is 2.71. The third-order valence-electron chi connectivity index (χ3n) is 2.89. The molecule has 0 fully saturated rings. The van der Waals surface area contributed by atoms with Crippen molar-refractivity contribution in [2.75, 3.05) is 14.2 Å². The van der Waals surface area contributed by atoms with Crippen LogP contribution >= 0.6 is 15.9 Å². The molecule has 0 aliphatic rings. The lowest BCUT2D eigenvalue weighted by Gasteiger charge is -2.15. The Morgan fingerprint density at radius 3 is 2.50 bits per heavy atom. The SMILES string of the molecule is CCCCCc1c(OC)cc(C=O)c(OC)c1Br. The molecule has 100 valence electrons. The fourth-order valence-electron chi connectivity index (χ4n) is 1.93. The first kappa shape index (κ1) is 15.0. The molecule has 0 N–H and O–H groups in total. The molecule has 0 unspecified atom stereocenters. The van der Waals surface area contributed by atoms with Crippen LogP contribution in [0.4, 0.5) is 0 Å². The second-order valence-corrected chi connectivity index (χ2v) is 4.86. The van der Waals surface area contributed by atoms with Crippen molar-refractivity contribution in [3.05, 3.63) is 21.7 Å². The van der Waals surface area contributed by atoms with E-state index in [0.717, 1.165) is 34.9 Å². The summed E-state index contributed by atoms with van der Waals surface area (Å²) < 4.78 is 11.5. The molecule has 3 nitrogen and oxygen atoms in total.